The van der Waals surface area contributed by atoms with Crippen molar-refractivity contribution in [1.82, 2.24) is 21.3 Å². The van der Waals surface area contributed by atoms with Crippen LogP contribution in [0.1, 0.15) is 32.6 Å². The van der Waals surface area contributed by atoms with Crippen molar-refractivity contribution in [3.63, 3.8) is 0 Å². The van der Waals surface area contributed by atoms with E-state index in [9.17, 15) is 34.2 Å². The van der Waals surface area contributed by atoms with Gasteiger partial charge in [-0.3, -0.25) is 29.2 Å². The first-order valence-corrected chi connectivity index (χ1v) is 12.9. The van der Waals surface area contributed by atoms with Crippen molar-refractivity contribution in [1.29, 1.82) is 0 Å². The molecule has 0 aromatic carbocycles. The number of amides is 4. The number of guanidine groups is 2. The fourth-order valence-corrected chi connectivity index (χ4v) is 3.28. The first-order chi connectivity index (χ1) is 18.7. The summed E-state index contributed by atoms with van der Waals surface area (Å²) >= 11 is 4.02. The van der Waals surface area contributed by atoms with E-state index in [1.165, 1.54) is 6.92 Å². The Bertz CT molecular complexity index is 925. The molecule has 4 amide bonds. The van der Waals surface area contributed by atoms with Gasteiger partial charge in [-0.2, -0.15) is 12.6 Å². The minimum absolute atomic E-state index is 0.0240. The first kappa shape index (κ1) is 36.2. The number of hydrogen-bond acceptors (Lipinski definition) is 10. The molecule has 0 fully saturated rings. The molecule has 0 unspecified atom stereocenters. The molecular formula is C21H41N11O7S. The zero-order valence-corrected chi connectivity index (χ0v) is 23.1. The lowest BCUT2D eigenvalue weighted by Crippen LogP contribution is -2.56. The van der Waals surface area contributed by atoms with E-state index in [2.05, 4.69) is 43.9 Å². The smallest absolute Gasteiger partial charge is 0.326 e. The Morgan fingerprint density at radius 2 is 1.30 bits per heavy atom. The lowest BCUT2D eigenvalue weighted by atomic mass is 10.1. The molecule has 40 heavy (non-hydrogen) atoms. The van der Waals surface area contributed by atoms with Crippen LogP contribution in [0.4, 0.5) is 0 Å². The van der Waals surface area contributed by atoms with Crippen molar-refractivity contribution in [2.45, 2.75) is 62.9 Å². The van der Waals surface area contributed by atoms with Crippen molar-refractivity contribution in [3.05, 3.63) is 0 Å². The van der Waals surface area contributed by atoms with E-state index in [0.29, 0.717) is 0 Å². The average Bonchev–Trinajstić information content (AvgIpc) is 2.87. The number of nitrogens with zero attached hydrogens (tertiary/aromatic N) is 2. The summed E-state index contributed by atoms with van der Waals surface area (Å²) < 4.78 is 0. The van der Waals surface area contributed by atoms with Crippen LogP contribution in [0.5, 0.6) is 0 Å². The topological polar surface area (TPSA) is 329 Å². The summed E-state index contributed by atoms with van der Waals surface area (Å²) in [4.78, 5) is 68.9. The van der Waals surface area contributed by atoms with Crippen LogP contribution in [0.15, 0.2) is 9.98 Å². The van der Waals surface area contributed by atoms with Crippen LogP contribution in [0.2, 0.25) is 0 Å². The van der Waals surface area contributed by atoms with Crippen LogP contribution in [0.3, 0.4) is 0 Å². The summed E-state index contributed by atoms with van der Waals surface area (Å²) in [6.07, 6.45) is -0.532. The average molecular weight is 592 g/mol. The van der Waals surface area contributed by atoms with Crippen LogP contribution >= 0.6 is 12.6 Å². The maximum Gasteiger partial charge on any atom is 0.326 e. The molecule has 0 spiro atoms. The maximum absolute atomic E-state index is 12.7. The molecule has 0 aliphatic rings. The molecule has 0 rings (SSSR count). The third kappa shape index (κ3) is 15.5. The van der Waals surface area contributed by atoms with Gasteiger partial charge in [-0.15, -0.1) is 0 Å². The van der Waals surface area contributed by atoms with Crippen LogP contribution in [0, 0.1) is 0 Å². The highest BCUT2D eigenvalue weighted by Crippen LogP contribution is 2.02. The number of nitrogens with two attached hydrogens (primary N) is 5. The van der Waals surface area contributed by atoms with Crippen molar-refractivity contribution >= 4 is 54.1 Å². The molecule has 0 aliphatic heterocycles. The van der Waals surface area contributed by atoms with Crippen LogP contribution < -0.4 is 49.9 Å². The van der Waals surface area contributed by atoms with Gasteiger partial charge < -0.3 is 60.1 Å². The second kappa shape index (κ2) is 19.3. The van der Waals surface area contributed by atoms with Gasteiger partial charge in [0, 0.05) is 18.8 Å². The molecule has 0 bridgehead atoms. The maximum atomic E-state index is 12.7. The molecule has 0 radical (unpaired) electrons. The molecule has 0 aromatic heterocycles. The summed E-state index contributed by atoms with van der Waals surface area (Å²) in [5, 5.41) is 28.3. The number of carbonyl (C=O) groups is 5. The van der Waals surface area contributed by atoms with Gasteiger partial charge in [0.1, 0.15) is 24.2 Å². The van der Waals surface area contributed by atoms with Gasteiger partial charge >= 0.3 is 5.97 Å². The Labute approximate surface area is 236 Å². The number of aliphatic hydroxyl groups excluding tert-OH is 1. The highest BCUT2D eigenvalue weighted by atomic mass is 32.1. The van der Waals surface area contributed by atoms with Crippen molar-refractivity contribution < 1.29 is 34.2 Å². The molecule has 0 aliphatic carbocycles. The number of carbonyl (C=O) groups excluding carboxylic acids is 4. The van der Waals surface area contributed by atoms with E-state index in [1.54, 1.807) is 0 Å². The predicted molar refractivity (Wildman–Crippen MR) is 150 cm³/mol. The molecule has 16 N–H and O–H groups in total. The Morgan fingerprint density at radius 3 is 1.75 bits per heavy atom. The normalized spacial score (nSPS) is 14.3. The third-order valence-electron chi connectivity index (χ3n) is 5.22. The number of aliphatic hydroxyl groups is 1. The number of rotatable bonds is 19. The van der Waals surface area contributed by atoms with Gasteiger partial charge in [-0.25, -0.2) is 4.79 Å². The summed E-state index contributed by atoms with van der Waals surface area (Å²) in [6, 6.07) is -4.92. The van der Waals surface area contributed by atoms with Crippen LogP contribution in [-0.4, -0.2) is 107 Å². The molecule has 0 heterocycles. The summed E-state index contributed by atoms with van der Waals surface area (Å²) in [6.45, 7) is 1.05. The van der Waals surface area contributed by atoms with Gasteiger partial charge in [0.2, 0.25) is 23.6 Å². The summed E-state index contributed by atoms with van der Waals surface area (Å²) in [5.74, 6) is -4.90. The lowest BCUT2D eigenvalue weighted by molar-refractivity contribution is -0.142. The van der Waals surface area contributed by atoms with Gasteiger partial charge in [-0.1, -0.05) is 0 Å². The second-order valence-electron chi connectivity index (χ2n) is 8.65. The second-order valence-corrected chi connectivity index (χ2v) is 9.01. The van der Waals surface area contributed by atoms with Crippen molar-refractivity contribution in [3.8, 4) is 0 Å². The van der Waals surface area contributed by atoms with E-state index in [-0.39, 0.29) is 56.4 Å². The number of hydrogen-bond donors (Lipinski definition) is 12. The van der Waals surface area contributed by atoms with Crippen molar-refractivity contribution in [2.24, 2.45) is 38.7 Å². The summed E-state index contributed by atoms with van der Waals surface area (Å²) in [5.41, 5.74) is 26.6. The highest BCUT2D eigenvalue weighted by molar-refractivity contribution is 7.80. The zero-order valence-electron chi connectivity index (χ0n) is 22.2. The highest BCUT2D eigenvalue weighted by Gasteiger charge is 2.28. The van der Waals surface area contributed by atoms with E-state index in [4.69, 9.17) is 28.7 Å². The molecule has 19 heteroatoms. The molecule has 228 valence electrons. The van der Waals surface area contributed by atoms with Crippen LogP contribution in [-0.2, 0) is 24.0 Å². The van der Waals surface area contributed by atoms with Gasteiger partial charge in [0.05, 0.1) is 12.6 Å². The van der Waals surface area contributed by atoms with Gasteiger partial charge in [0.25, 0.3) is 0 Å². The Kier molecular flexibility index (Phi) is 17.4. The predicted octanol–water partition coefficient (Wildman–Crippen LogP) is -5.61. The monoisotopic (exact) mass is 591 g/mol. The molecule has 5 atom stereocenters. The van der Waals surface area contributed by atoms with Gasteiger partial charge in [0.15, 0.2) is 11.9 Å². The van der Waals surface area contributed by atoms with Gasteiger partial charge in [-0.05, 0) is 32.6 Å². The van der Waals surface area contributed by atoms with E-state index in [1.807, 2.05) is 0 Å². The van der Waals surface area contributed by atoms with Crippen LogP contribution in [0.25, 0.3) is 0 Å². The fraction of sp³-hybridized carbons (Fsp3) is 0.667. The lowest BCUT2D eigenvalue weighted by Gasteiger charge is -2.22. The van der Waals surface area contributed by atoms with Crippen molar-refractivity contribution in [2.75, 3.05) is 25.4 Å². The third-order valence-corrected chi connectivity index (χ3v) is 5.58. The molecular weight excluding hydrogens is 550 g/mol. The minimum atomic E-state index is -1.30. The Hall–Kier alpha value is -3.84. The zero-order chi connectivity index (χ0) is 30.8. The molecule has 0 saturated carbocycles. The standard InChI is InChI=1S/C21H41N11O7S/c1-10(33)15(22)18(37)31-11(4-2-6-27-20(23)24)16(35)29-8-14(34)30-13(9-40)17(36)32-12(19(38)39)5-3-7-28-21(25)26/h10-13,15,33,40H,2-9,22H2,1H3,(H,29,35)(H,30,34)(H,31,37)(H,32,36)(H,38,39)(H4,23,24,27)(H4,25,26,28)/t10-,11-,12+,13-,15+/m1/s1. The Morgan fingerprint density at radius 1 is 0.800 bits per heavy atom. The largest absolute Gasteiger partial charge is 0.480 e. The summed E-state index contributed by atoms with van der Waals surface area (Å²) in [7, 11) is 0. The Balaban J connectivity index is 5.09. The minimum Gasteiger partial charge on any atom is -0.480 e. The van der Waals surface area contributed by atoms with E-state index in [0.717, 1.165) is 0 Å². The first-order valence-electron chi connectivity index (χ1n) is 12.2. The fourth-order valence-electron chi connectivity index (χ4n) is 3.02. The number of aliphatic imine (C=N–C) groups is 2. The number of carboxylic acid groups (broad SMARTS) is 1. The van der Waals surface area contributed by atoms with E-state index >= 15 is 0 Å². The molecule has 0 aromatic rings. The number of nitrogens with one attached hydrogen (secondary N) is 4. The molecule has 18 nitrogen and oxygen atoms in total. The number of thiol groups is 1. The number of aliphatic carboxylic acids is 1. The van der Waals surface area contributed by atoms with E-state index < -0.39 is 66.4 Å². The SMILES string of the molecule is C[C@@H](O)[C@H](N)C(=O)N[C@H](CCCN=C(N)N)C(=O)NCC(=O)N[C@H](CS)C(=O)N[C@@H](CCCN=C(N)N)C(=O)O. The number of carboxylic acids is 1. The molecule has 0 saturated heterocycles. The quantitative estimate of drug-likeness (QED) is 0.0289.